The Hall–Kier alpha value is -3.36. The van der Waals surface area contributed by atoms with Crippen molar-refractivity contribution in [2.45, 2.75) is 57.7 Å². The van der Waals surface area contributed by atoms with Gasteiger partial charge >= 0.3 is 0 Å². The molecule has 3 aliphatic heterocycles. The van der Waals surface area contributed by atoms with Crippen molar-refractivity contribution in [3.05, 3.63) is 76.5 Å². The van der Waals surface area contributed by atoms with Gasteiger partial charge in [-0.25, -0.2) is 9.97 Å². The van der Waals surface area contributed by atoms with Gasteiger partial charge in [-0.2, -0.15) is 0 Å². The van der Waals surface area contributed by atoms with E-state index in [4.69, 9.17) is 20.7 Å². The molecule has 1 saturated heterocycles. The molecule has 1 unspecified atom stereocenters. The van der Waals surface area contributed by atoms with Crippen LogP contribution in [0.3, 0.4) is 0 Å². The van der Waals surface area contributed by atoms with E-state index in [-0.39, 0.29) is 11.5 Å². The molecule has 0 saturated carbocycles. The molecule has 8 heteroatoms. The summed E-state index contributed by atoms with van der Waals surface area (Å²) in [7, 11) is 0. The number of aromatic nitrogens is 3. The third kappa shape index (κ3) is 3.57. The lowest BCUT2D eigenvalue weighted by Gasteiger charge is -2.43. The van der Waals surface area contributed by atoms with Crippen molar-refractivity contribution in [1.29, 1.82) is 0 Å². The molecule has 4 aliphatic rings. The quantitative estimate of drug-likeness (QED) is 0.561. The Morgan fingerprint density at radius 1 is 1.05 bits per heavy atom. The van der Waals surface area contributed by atoms with Crippen molar-refractivity contribution in [2.75, 3.05) is 29.4 Å². The van der Waals surface area contributed by atoms with Gasteiger partial charge in [-0.15, -0.1) is 0 Å². The first-order valence-corrected chi connectivity index (χ1v) is 13.5. The number of hydrogen-bond donors (Lipinski definition) is 2. The minimum Gasteiger partial charge on any atom is -0.387 e. The highest BCUT2D eigenvalue weighted by molar-refractivity contribution is 6.11. The Bertz CT molecular complexity index is 1390. The lowest BCUT2D eigenvalue weighted by molar-refractivity contribution is 0.182. The molecule has 7 rings (SSSR count). The van der Waals surface area contributed by atoms with Crippen LogP contribution in [0.2, 0.25) is 0 Å². The van der Waals surface area contributed by atoms with Crippen molar-refractivity contribution in [1.82, 2.24) is 15.0 Å². The Morgan fingerprint density at radius 3 is 2.70 bits per heavy atom. The van der Waals surface area contributed by atoms with Gasteiger partial charge in [0.05, 0.1) is 29.7 Å². The molecule has 0 amide bonds. The van der Waals surface area contributed by atoms with Crippen LogP contribution >= 0.6 is 0 Å². The molecule has 1 fully saturated rings. The summed E-state index contributed by atoms with van der Waals surface area (Å²) < 4.78 is 0. The van der Waals surface area contributed by atoms with E-state index >= 15 is 0 Å². The van der Waals surface area contributed by atoms with Gasteiger partial charge < -0.3 is 20.6 Å². The summed E-state index contributed by atoms with van der Waals surface area (Å²) in [5.41, 5.74) is 14.1. The minimum atomic E-state index is -0.723. The summed E-state index contributed by atoms with van der Waals surface area (Å²) in [6.07, 6.45) is 6.17. The molecule has 0 bridgehead atoms. The van der Waals surface area contributed by atoms with Crippen LogP contribution in [0.4, 0.5) is 11.5 Å². The van der Waals surface area contributed by atoms with Gasteiger partial charge in [0.15, 0.2) is 11.7 Å². The van der Waals surface area contributed by atoms with Gasteiger partial charge in [0, 0.05) is 31.9 Å². The monoisotopic (exact) mass is 495 g/mol. The van der Waals surface area contributed by atoms with Gasteiger partial charge in [-0.3, -0.25) is 9.98 Å². The Labute approximate surface area is 217 Å². The molecule has 2 atom stereocenters. The fraction of sp³-hybridized carbons (Fsp3) is 0.448. The molecule has 1 spiro atoms. The standard InChI is InChI=1S/C29H33N7O/c1-18(37)24-28(35-14-10-29(11-15-35)16-19-6-2-3-7-20(19)26(29)30)33-22-17-32-27(25(22)34-24)36-13-5-8-21-23(36)9-4-12-31-21/h2-4,6-7,9,12,18,26,37H,5,8,10-11,13-17,30H2,1H3/t18?,26-/m1/s1. The second-order valence-corrected chi connectivity index (χ2v) is 11.0. The van der Waals surface area contributed by atoms with Crippen molar-refractivity contribution in [3.63, 3.8) is 0 Å². The zero-order valence-electron chi connectivity index (χ0n) is 21.3. The molecular formula is C29H33N7O. The molecule has 2 aromatic heterocycles. The number of amidine groups is 1. The number of nitrogens with zero attached hydrogens (tertiary/aromatic N) is 6. The average molecular weight is 496 g/mol. The first-order valence-electron chi connectivity index (χ1n) is 13.5. The van der Waals surface area contributed by atoms with E-state index in [2.05, 4.69) is 45.1 Å². The maximum absolute atomic E-state index is 10.8. The number of aliphatic hydroxyl groups is 1. The van der Waals surface area contributed by atoms with E-state index in [0.717, 1.165) is 86.2 Å². The minimum absolute atomic E-state index is 0.0751. The van der Waals surface area contributed by atoms with Gasteiger partial charge in [0.25, 0.3) is 0 Å². The summed E-state index contributed by atoms with van der Waals surface area (Å²) in [5.74, 6) is 1.64. The number of rotatable bonds is 2. The lowest BCUT2D eigenvalue weighted by Crippen LogP contribution is -2.45. The maximum atomic E-state index is 10.8. The summed E-state index contributed by atoms with van der Waals surface area (Å²) in [6.45, 7) is 4.87. The van der Waals surface area contributed by atoms with E-state index in [0.29, 0.717) is 12.2 Å². The predicted molar refractivity (Wildman–Crippen MR) is 144 cm³/mol. The number of aliphatic hydroxyl groups excluding tert-OH is 1. The molecule has 1 aromatic carbocycles. The van der Waals surface area contributed by atoms with Gasteiger partial charge in [0.1, 0.15) is 11.4 Å². The van der Waals surface area contributed by atoms with Crippen LogP contribution in [0.15, 0.2) is 47.6 Å². The van der Waals surface area contributed by atoms with Crippen LogP contribution in [0.5, 0.6) is 0 Å². The average Bonchev–Trinajstić information content (AvgIpc) is 3.46. The lowest BCUT2D eigenvalue weighted by atomic mass is 9.73. The van der Waals surface area contributed by atoms with E-state index in [1.807, 2.05) is 12.3 Å². The van der Waals surface area contributed by atoms with Crippen molar-refractivity contribution in [2.24, 2.45) is 16.1 Å². The van der Waals surface area contributed by atoms with Crippen molar-refractivity contribution in [3.8, 4) is 0 Å². The largest absolute Gasteiger partial charge is 0.387 e. The number of aliphatic imine (C=N–C) groups is 1. The molecule has 8 nitrogen and oxygen atoms in total. The predicted octanol–water partition coefficient (Wildman–Crippen LogP) is 3.48. The highest BCUT2D eigenvalue weighted by atomic mass is 16.3. The Morgan fingerprint density at radius 2 is 1.89 bits per heavy atom. The molecular weight excluding hydrogens is 462 g/mol. The number of piperidine rings is 1. The molecule has 3 N–H and O–H groups in total. The van der Waals surface area contributed by atoms with Crippen LogP contribution in [0.1, 0.15) is 72.2 Å². The van der Waals surface area contributed by atoms with Crippen LogP contribution in [-0.2, 0) is 19.4 Å². The third-order valence-corrected chi connectivity index (χ3v) is 8.82. The van der Waals surface area contributed by atoms with Crippen LogP contribution < -0.4 is 15.5 Å². The first kappa shape index (κ1) is 22.8. The molecule has 3 aromatic rings. The smallest absolute Gasteiger partial charge is 0.156 e. The van der Waals surface area contributed by atoms with Crippen LogP contribution in [-0.4, -0.2) is 45.5 Å². The number of hydrogen-bond acceptors (Lipinski definition) is 8. The first-order chi connectivity index (χ1) is 18.0. The Kier molecular flexibility index (Phi) is 5.30. The maximum Gasteiger partial charge on any atom is 0.156 e. The zero-order chi connectivity index (χ0) is 25.1. The number of nitrogens with two attached hydrogens (primary N) is 1. The normalized spacial score (nSPS) is 22.5. The zero-order valence-corrected chi connectivity index (χ0v) is 21.3. The number of aryl methyl sites for hydroxylation is 1. The van der Waals surface area contributed by atoms with E-state index in [1.165, 1.54) is 11.1 Å². The fourth-order valence-corrected chi connectivity index (χ4v) is 6.80. The van der Waals surface area contributed by atoms with Crippen molar-refractivity contribution >= 4 is 17.3 Å². The fourth-order valence-electron chi connectivity index (χ4n) is 6.80. The van der Waals surface area contributed by atoms with Gasteiger partial charge in [-0.05, 0) is 67.7 Å². The van der Waals surface area contributed by atoms with E-state index in [9.17, 15) is 5.11 Å². The molecule has 37 heavy (non-hydrogen) atoms. The van der Waals surface area contributed by atoms with Gasteiger partial charge in [-0.1, -0.05) is 24.3 Å². The molecule has 0 radical (unpaired) electrons. The van der Waals surface area contributed by atoms with Crippen LogP contribution in [0.25, 0.3) is 0 Å². The summed E-state index contributed by atoms with van der Waals surface area (Å²) >= 11 is 0. The SMILES string of the molecule is CC(O)c1nc2c(nc1N1CCC3(CC1)Cc1ccccc1[C@H]3N)CN=C2N1CCCc2ncccc21. The summed E-state index contributed by atoms with van der Waals surface area (Å²) in [4.78, 5) is 24.1. The highest BCUT2D eigenvalue weighted by Gasteiger charge is 2.46. The number of fused-ring (bicyclic) bond motifs is 3. The van der Waals surface area contributed by atoms with Crippen LogP contribution in [0, 0.1) is 5.41 Å². The Balaban J connectivity index is 1.17. The summed E-state index contributed by atoms with van der Waals surface area (Å²) in [6, 6.07) is 12.8. The number of benzene rings is 1. The molecule has 190 valence electrons. The third-order valence-electron chi connectivity index (χ3n) is 8.82. The van der Waals surface area contributed by atoms with Crippen molar-refractivity contribution < 1.29 is 5.11 Å². The highest BCUT2D eigenvalue weighted by Crippen LogP contribution is 2.51. The number of anilines is 2. The van der Waals surface area contributed by atoms with E-state index in [1.54, 1.807) is 6.92 Å². The second-order valence-electron chi connectivity index (χ2n) is 11.0. The summed E-state index contributed by atoms with van der Waals surface area (Å²) in [5, 5.41) is 10.8. The van der Waals surface area contributed by atoms with Gasteiger partial charge in [0.2, 0.25) is 0 Å². The topological polar surface area (TPSA) is 104 Å². The number of pyridine rings is 1. The molecule has 1 aliphatic carbocycles. The second kappa shape index (κ2) is 8.60. The molecule has 5 heterocycles. The van der Waals surface area contributed by atoms with E-state index < -0.39 is 6.10 Å².